The second-order valence-electron chi connectivity index (χ2n) is 5.07. The van der Waals surface area contributed by atoms with E-state index < -0.39 is 0 Å². The number of benzene rings is 1. The van der Waals surface area contributed by atoms with Crippen LogP contribution in [-0.4, -0.2) is 24.0 Å². The number of aromatic nitrogens is 1. The van der Waals surface area contributed by atoms with Crippen molar-refractivity contribution in [3.63, 3.8) is 0 Å². The van der Waals surface area contributed by atoms with Crippen LogP contribution in [0.25, 0.3) is 0 Å². The molecule has 6 heteroatoms. The van der Waals surface area contributed by atoms with Gasteiger partial charge in [0.25, 0.3) is 5.91 Å². The number of rotatable bonds is 2. The molecule has 6 nitrogen and oxygen atoms in total. The van der Waals surface area contributed by atoms with Crippen LogP contribution < -0.4 is 10.2 Å². The van der Waals surface area contributed by atoms with Gasteiger partial charge in [0.15, 0.2) is 5.69 Å². The molecule has 1 aliphatic heterocycles. The number of carbonyl (C=O) groups is 2. The number of carbonyl (C=O) groups excluding carboxylic acids is 2. The zero-order valence-electron chi connectivity index (χ0n) is 11.8. The summed E-state index contributed by atoms with van der Waals surface area (Å²) in [5.74, 6) is 0.384. The van der Waals surface area contributed by atoms with Crippen molar-refractivity contribution in [3.05, 3.63) is 41.3 Å². The largest absolute Gasteiger partial charge is 0.361 e. The minimum absolute atomic E-state index is 0.109. The molecule has 108 valence electrons. The SMILES string of the molecule is Cc1cc(C(=O)Nc2ccc3c(c2)CCC(=O)N3C)no1. The molecule has 21 heavy (non-hydrogen) atoms. The lowest BCUT2D eigenvalue weighted by Crippen LogP contribution is -2.31. The highest BCUT2D eigenvalue weighted by Crippen LogP contribution is 2.29. The molecule has 2 amide bonds. The fourth-order valence-electron chi connectivity index (χ4n) is 2.40. The number of aryl methyl sites for hydroxylation is 2. The summed E-state index contributed by atoms with van der Waals surface area (Å²) in [6, 6.07) is 7.10. The van der Waals surface area contributed by atoms with Crippen LogP contribution in [0.5, 0.6) is 0 Å². The second-order valence-corrected chi connectivity index (χ2v) is 5.07. The third-order valence-corrected chi connectivity index (χ3v) is 3.54. The summed E-state index contributed by atoms with van der Waals surface area (Å²) in [5.41, 5.74) is 2.87. The van der Waals surface area contributed by atoms with Gasteiger partial charge in [-0.15, -0.1) is 0 Å². The molecule has 1 aromatic heterocycles. The van der Waals surface area contributed by atoms with Crippen molar-refractivity contribution in [1.29, 1.82) is 0 Å². The monoisotopic (exact) mass is 285 g/mol. The van der Waals surface area contributed by atoms with E-state index in [1.807, 2.05) is 12.1 Å². The average Bonchev–Trinajstić information content (AvgIpc) is 2.90. The molecule has 0 saturated carbocycles. The highest BCUT2D eigenvalue weighted by Gasteiger charge is 2.21. The Labute approximate surface area is 121 Å². The Hall–Kier alpha value is -2.63. The fourth-order valence-corrected chi connectivity index (χ4v) is 2.40. The predicted molar refractivity (Wildman–Crippen MR) is 77.4 cm³/mol. The molecule has 1 aromatic carbocycles. The van der Waals surface area contributed by atoms with Crippen LogP contribution in [0.3, 0.4) is 0 Å². The molecule has 0 fully saturated rings. The Balaban J connectivity index is 1.81. The van der Waals surface area contributed by atoms with Crippen molar-refractivity contribution in [2.24, 2.45) is 0 Å². The summed E-state index contributed by atoms with van der Waals surface area (Å²) >= 11 is 0. The van der Waals surface area contributed by atoms with Gasteiger partial charge in [-0.2, -0.15) is 0 Å². The lowest BCUT2D eigenvalue weighted by atomic mass is 10.0. The minimum Gasteiger partial charge on any atom is -0.361 e. The molecule has 0 atom stereocenters. The summed E-state index contributed by atoms with van der Waals surface area (Å²) in [5, 5.41) is 6.46. The van der Waals surface area contributed by atoms with Gasteiger partial charge in [0.05, 0.1) is 0 Å². The van der Waals surface area contributed by atoms with Gasteiger partial charge in [-0.3, -0.25) is 9.59 Å². The molecule has 2 heterocycles. The quantitative estimate of drug-likeness (QED) is 0.917. The molecular weight excluding hydrogens is 270 g/mol. The third-order valence-electron chi connectivity index (χ3n) is 3.54. The Morgan fingerprint density at radius 2 is 2.14 bits per heavy atom. The average molecular weight is 285 g/mol. The Bertz CT molecular complexity index is 721. The summed E-state index contributed by atoms with van der Waals surface area (Å²) < 4.78 is 4.88. The number of hydrogen-bond acceptors (Lipinski definition) is 4. The molecule has 0 spiro atoms. The number of fused-ring (bicyclic) bond motifs is 1. The van der Waals surface area contributed by atoms with E-state index in [0.29, 0.717) is 24.3 Å². The summed E-state index contributed by atoms with van der Waals surface area (Å²) in [6.07, 6.45) is 1.18. The summed E-state index contributed by atoms with van der Waals surface area (Å²) in [7, 11) is 1.76. The highest BCUT2D eigenvalue weighted by molar-refractivity contribution is 6.03. The maximum absolute atomic E-state index is 12.0. The van der Waals surface area contributed by atoms with Gasteiger partial charge in [0.2, 0.25) is 5.91 Å². The van der Waals surface area contributed by atoms with Crippen molar-refractivity contribution in [2.75, 3.05) is 17.3 Å². The zero-order valence-corrected chi connectivity index (χ0v) is 11.8. The Kier molecular flexibility index (Phi) is 3.21. The molecule has 2 aromatic rings. The first kappa shape index (κ1) is 13.4. The van der Waals surface area contributed by atoms with Crippen molar-refractivity contribution in [1.82, 2.24) is 5.16 Å². The predicted octanol–water partition coefficient (Wildman–Crippen LogP) is 2.14. The van der Waals surface area contributed by atoms with Crippen molar-refractivity contribution in [3.8, 4) is 0 Å². The highest BCUT2D eigenvalue weighted by atomic mass is 16.5. The number of nitrogens with zero attached hydrogens (tertiary/aromatic N) is 2. The number of amides is 2. The molecule has 0 aliphatic carbocycles. The van der Waals surface area contributed by atoms with E-state index in [4.69, 9.17) is 4.52 Å². The molecule has 0 radical (unpaired) electrons. The van der Waals surface area contributed by atoms with E-state index >= 15 is 0 Å². The third kappa shape index (κ3) is 2.52. The van der Waals surface area contributed by atoms with Gasteiger partial charge >= 0.3 is 0 Å². The first-order valence-corrected chi connectivity index (χ1v) is 6.69. The van der Waals surface area contributed by atoms with Gasteiger partial charge in [0, 0.05) is 30.9 Å². The lowest BCUT2D eigenvalue weighted by Gasteiger charge is -2.26. The fraction of sp³-hybridized carbons (Fsp3) is 0.267. The maximum Gasteiger partial charge on any atom is 0.277 e. The Morgan fingerprint density at radius 3 is 2.86 bits per heavy atom. The van der Waals surface area contributed by atoms with E-state index in [9.17, 15) is 9.59 Å². The van der Waals surface area contributed by atoms with E-state index in [1.165, 1.54) is 0 Å². The van der Waals surface area contributed by atoms with Crippen molar-refractivity contribution < 1.29 is 14.1 Å². The molecular formula is C15H15N3O3. The van der Waals surface area contributed by atoms with Gasteiger partial charge in [0.1, 0.15) is 5.76 Å². The van der Waals surface area contributed by atoms with Crippen molar-refractivity contribution in [2.45, 2.75) is 19.8 Å². The first-order valence-electron chi connectivity index (χ1n) is 6.69. The molecule has 0 unspecified atom stereocenters. The van der Waals surface area contributed by atoms with E-state index in [1.54, 1.807) is 31.0 Å². The molecule has 0 bridgehead atoms. The minimum atomic E-state index is -0.313. The van der Waals surface area contributed by atoms with Gasteiger partial charge in [-0.25, -0.2) is 0 Å². The normalized spacial score (nSPS) is 14.0. The first-order chi connectivity index (χ1) is 10.0. The van der Waals surface area contributed by atoms with Gasteiger partial charge < -0.3 is 14.7 Å². The van der Waals surface area contributed by atoms with Crippen LogP contribution in [0, 0.1) is 6.92 Å². The standard InChI is InChI=1S/C15H15N3O3/c1-9-7-12(17-21-9)15(20)16-11-4-5-13-10(8-11)3-6-14(19)18(13)2/h4-5,7-8H,3,6H2,1-2H3,(H,16,20). The smallest absolute Gasteiger partial charge is 0.277 e. The van der Waals surface area contributed by atoms with Crippen molar-refractivity contribution >= 4 is 23.2 Å². The topological polar surface area (TPSA) is 75.4 Å². The summed E-state index contributed by atoms with van der Waals surface area (Å²) in [6.45, 7) is 1.73. The van der Waals surface area contributed by atoms with Gasteiger partial charge in [-0.05, 0) is 37.1 Å². The van der Waals surface area contributed by atoms with Crippen LogP contribution >= 0.6 is 0 Å². The molecule has 0 saturated heterocycles. The second kappa shape index (κ2) is 5.05. The Morgan fingerprint density at radius 1 is 1.33 bits per heavy atom. The number of anilines is 2. The van der Waals surface area contributed by atoms with E-state index in [-0.39, 0.29) is 17.5 Å². The zero-order chi connectivity index (χ0) is 15.0. The molecule has 3 rings (SSSR count). The van der Waals surface area contributed by atoms with E-state index in [2.05, 4.69) is 10.5 Å². The lowest BCUT2D eigenvalue weighted by molar-refractivity contribution is -0.118. The summed E-state index contributed by atoms with van der Waals surface area (Å²) in [4.78, 5) is 25.3. The van der Waals surface area contributed by atoms with Crippen LogP contribution in [0.2, 0.25) is 0 Å². The number of hydrogen-bond donors (Lipinski definition) is 1. The molecule has 1 aliphatic rings. The van der Waals surface area contributed by atoms with E-state index in [0.717, 1.165) is 11.3 Å². The van der Waals surface area contributed by atoms with Crippen LogP contribution in [0.1, 0.15) is 28.2 Å². The van der Waals surface area contributed by atoms with Crippen LogP contribution in [-0.2, 0) is 11.2 Å². The maximum atomic E-state index is 12.0. The van der Waals surface area contributed by atoms with Crippen LogP contribution in [0.4, 0.5) is 11.4 Å². The number of nitrogens with one attached hydrogen (secondary N) is 1. The van der Waals surface area contributed by atoms with Gasteiger partial charge in [-0.1, -0.05) is 5.16 Å². The molecule has 1 N–H and O–H groups in total. The van der Waals surface area contributed by atoms with Crippen LogP contribution in [0.15, 0.2) is 28.8 Å².